The van der Waals surface area contributed by atoms with Crippen LogP contribution in [0, 0.1) is 6.92 Å². The maximum atomic E-state index is 12.7. The van der Waals surface area contributed by atoms with Crippen LogP contribution in [0.3, 0.4) is 0 Å². The summed E-state index contributed by atoms with van der Waals surface area (Å²) in [6, 6.07) is 13.7. The van der Waals surface area contributed by atoms with Crippen LogP contribution in [0.4, 0.5) is 10.5 Å². The molecule has 0 unspecified atom stereocenters. The Morgan fingerprint density at radius 3 is 2.74 bits per heavy atom. The summed E-state index contributed by atoms with van der Waals surface area (Å²) >= 11 is 3.49. The molecule has 4 nitrogen and oxygen atoms in total. The maximum Gasteiger partial charge on any atom is 0.325 e. The minimum Gasteiger partial charge on any atom is -0.467 e. The molecule has 5 heteroatoms. The number of aryl methyl sites for hydroxylation is 1. The molecule has 4 rings (SSSR count). The highest BCUT2D eigenvalue weighted by atomic mass is 79.9. The zero-order chi connectivity index (χ0) is 16.2. The van der Waals surface area contributed by atoms with E-state index in [0.717, 1.165) is 27.0 Å². The molecule has 23 heavy (non-hydrogen) atoms. The third-order valence-corrected chi connectivity index (χ3v) is 5.02. The SMILES string of the molecule is Cc1ccc(N2C(=O)N[C@@H]3C[C@@]2(C)Oc2ccc(Br)cc23)cc1. The van der Waals surface area contributed by atoms with E-state index >= 15 is 0 Å². The minimum absolute atomic E-state index is 0.0320. The van der Waals surface area contributed by atoms with Crippen molar-refractivity contribution >= 4 is 27.6 Å². The van der Waals surface area contributed by atoms with Gasteiger partial charge in [-0.2, -0.15) is 0 Å². The van der Waals surface area contributed by atoms with E-state index in [9.17, 15) is 4.79 Å². The minimum atomic E-state index is -0.691. The molecule has 0 radical (unpaired) electrons. The molecule has 1 fully saturated rings. The van der Waals surface area contributed by atoms with Crippen LogP contribution in [-0.4, -0.2) is 11.8 Å². The van der Waals surface area contributed by atoms with Gasteiger partial charge >= 0.3 is 6.03 Å². The first-order valence-electron chi connectivity index (χ1n) is 7.62. The molecule has 2 aromatic carbocycles. The fraction of sp³-hybridized carbons (Fsp3) is 0.278. The molecule has 2 aliphatic heterocycles. The number of halogens is 1. The summed E-state index contributed by atoms with van der Waals surface area (Å²) in [5, 5.41) is 3.11. The van der Waals surface area contributed by atoms with Gasteiger partial charge in [0.25, 0.3) is 0 Å². The van der Waals surface area contributed by atoms with Crippen molar-refractivity contribution in [1.82, 2.24) is 5.32 Å². The van der Waals surface area contributed by atoms with Crippen molar-refractivity contribution in [2.45, 2.75) is 32.0 Å². The van der Waals surface area contributed by atoms with Gasteiger partial charge in [-0.15, -0.1) is 0 Å². The molecule has 2 bridgehead atoms. The number of urea groups is 1. The van der Waals surface area contributed by atoms with E-state index in [1.165, 1.54) is 0 Å². The summed E-state index contributed by atoms with van der Waals surface area (Å²) in [6.07, 6.45) is 0.704. The van der Waals surface area contributed by atoms with Gasteiger partial charge < -0.3 is 10.1 Å². The summed E-state index contributed by atoms with van der Waals surface area (Å²) < 4.78 is 7.24. The van der Waals surface area contributed by atoms with Gasteiger partial charge in [-0.1, -0.05) is 33.6 Å². The molecule has 0 saturated carbocycles. The number of benzene rings is 2. The topological polar surface area (TPSA) is 41.6 Å². The second-order valence-corrected chi connectivity index (χ2v) is 7.25. The smallest absolute Gasteiger partial charge is 0.325 e. The molecular weight excluding hydrogens is 356 g/mol. The monoisotopic (exact) mass is 372 g/mol. The lowest BCUT2D eigenvalue weighted by atomic mass is 9.90. The van der Waals surface area contributed by atoms with E-state index in [4.69, 9.17) is 4.74 Å². The third-order valence-electron chi connectivity index (χ3n) is 4.53. The Morgan fingerprint density at radius 1 is 1.26 bits per heavy atom. The van der Waals surface area contributed by atoms with Gasteiger partial charge in [-0.25, -0.2) is 4.79 Å². The summed E-state index contributed by atoms with van der Waals surface area (Å²) in [6.45, 7) is 4.01. The first-order valence-corrected chi connectivity index (χ1v) is 8.41. The summed E-state index contributed by atoms with van der Waals surface area (Å²) in [5.41, 5.74) is 2.33. The normalized spacial score (nSPS) is 25.4. The number of carbonyl (C=O) groups is 1. The van der Waals surface area contributed by atoms with Crippen LogP contribution in [0.5, 0.6) is 5.75 Å². The second kappa shape index (κ2) is 4.99. The number of fused-ring (bicyclic) bond motifs is 4. The van der Waals surface area contributed by atoms with Crippen LogP contribution in [0.15, 0.2) is 46.9 Å². The van der Waals surface area contributed by atoms with E-state index in [-0.39, 0.29) is 12.1 Å². The number of amides is 2. The Balaban J connectivity index is 1.79. The second-order valence-electron chi connectivity index (χ2n) is 6.34. The molecule has 0 spiro atoms. The standard InChI is InChI=1S/C18H17BrN2O2/c1-11-3-6-13(7-4-11)21-17(22)20-15-10-18(21,2)23-16-8-5-12(19)9-14(15)16/h3-9,15H,10H2,1-2H3,(H,20,22)/t15-,18-/m1/s1. The molecule has 0 aliphatic carbocycles. The van der Waals surface area contributed by atoms with Crippen LogP contribution in [0.1, 0.15) is 30.5 Å². The van der Waals surface area contributed by atoms with Crippen molar-refractivity contribution in [3.8, 4) is 5.75 Å². The molecule has 0 aromatic heterocycles. The molecule has 1 N–H and O–H groups in total. The van der Waals surface area contributed by atoms with Gasteiger partial charge in [0, 0.05) is 22.1 Å². The molecule has 2 aliphatic rings. The zero-order valence-electron chi connectivity index (χ0n) is 13.0. The van der Waals surface area contributed by atoms with Crippen molar-refractivity contribution in [2.24, 2.45) is 0 Å². The number of nitrogens with zero attached hydrogens (tertiary/aromatic N) is 1. The lowest BCUT2D eigenvalue weighted by molar-refractivity contribution is 0.0378. The molecular formula is C18H17BrN2O2. The Kier molecular flexibility index (Phi) is 3.17. The first-order chi connectivity index (χ1) is 11.0. The zero-order valence-corrected chi connectivity index (χ0v) is 14.6. The number of rotatable bonds is 1. The average molecular weight is 373 g/mol. The van der Waals surface area contributed by atoms with E-state index in [2.05, 4.69) is 21.2 Å². The Bertz CT molecular complexity index is 790. The maximum absolute atomic E-state index is 12.7. The lowest BCUT2D eigenvalue weighted by Crippen LogP contribution is -2.65. The fourth-order valence-corrected chi connectivity index (χ4v) is 3.81. The summed E-state index contributed by atoms with van der Waals surface area (Å²) in [5.74, 6) is 0.823. The summed E-state index contributed by atoms with van der Waals surface area (Å²) in [4.78, 5) is 14.4. The van der Waals surface area contributed by atoms with Gasteiger partial charge in [0.05, 0.1) is 6.04 Å². The highest BCUT2D eigenvalue weighted by molar-refractivity contribution is 9.10. The fourth-order valence-electron chi connectivity index (χ4n) is 3.43. The van der Waals surface area contributed by atoms with Crippen LogP contribution in [0.2, 0.25) is 0 Å². The van der Waals surface area contributed by atoms with Crippen LogP contribution < -0.4 is 15.0 Å². The molecule has 118 valence electrons. The molecule has 2 heterocycles. The van der Waals surface area contributed by atoms with Crippen molar-refractivity contribution in [3.63, 3.8) is 0 Å². The quantitative estimate of drug-likeness (QED) is 0.798. The van der Waals surface area contributed by atoms with Gasteiger partial charge in [0.2, 0.25) is 0 Å². The van der Waals surface area contributed by atoms with E-state index in [1.807, 2.05) is 56.3 Å². The number of nitrogens with one attached hydrogen (secondary N) is 1. The predicted octanol–water partition coefficient (Wildman–Crippen LogP) is 4.53. The first kappa shape index (κ1) is 14.6. The van der Waals surface area contributed by atoms with Crippen molar-refractivity contribution in [2.75, 3.05) is 4.90 Å². The third kappa shape index (κ3) is 2.30. The number of ether oxygens (including phenoxy) is 1. The Hall–Kier alpha value is -2.01. The van der Waals surface area contributed by atoms with Crippen molar-refractivity contribution < 1.29 is 9.53 Å². The molecule has 2 atom stereocenters. The van der Waals surface area contributed by atoms with Crippen molar-refractivity contribution in [3.05, 3.63) is 58.1 Å². The summed E-state index contributed by atoms with van der Waals surface area (Å²) in [7, 11) is 0. The van der Waals surface area contributed by atoms with Crippen molar-refractivity contribution in [1.29, 1.82) is 0 Å². The van der Waals surface area contributed by atoms with Gasteiger partial charge in [0.15, 0.2) is 5.72 Å². The average Bonchev–Trinajstić information content (AvgIpc) is 2.49. The van der Waals surface area contributed by atoms with E-state index in [0.29, 0.717) is 6.42 Å². The van der Waals surface area contributed by atoms with Gasteiger partial charge in [-0.3, -0.25) is 4.90 Å². The van der Waals surface area contributed by atoms with Crippen LogP contribution >= 0.6 is 15.9 Å². The Morgan fingerprint density at radius 2 is 2.00 bits per heavy atom. The van der Waals surface area contributed by atoms with Crippen LogP contribution in [0.25, 0.3) is 0 Å². The molecule has 1 saturated heterocycles. The number of anilines is 1. The van der Waals surface area contributed by atoms with E-state index in [1.54, 1.807) is 4.90 Å². The van der Waals surface area contributed by atoms with Crippen LogP contribution in [-0.2, 0) is 0 Å². The Labute approximate surface area is 143 Å². The lowest BCUT2D eigenvalue weighted by Gasteiger charge is -2.50. The predicted molar refractivity (Wildman–Crippen MR) is 92.7 cm³/mol. The highest BCUT2D eigenvalue weighted by Gasteiger charge is 2.49. The highest BCUT2D eigenvalue weighted by Crippen LogP contribution is 2.46. The van der Waals surface area contributed by atoms with E-state index < -0.39 is 5.72 Å². The van der Waals surface area contributed by atoms with Gasteiger partial charge in [0.1, 0.15) is 5.75 Å². The molecule has 2 aromatic rings. The largest absolute Gasteiger partial charge is 0.467 e. The number of hydrogen-bond acceptors (Lipinski definition) is 2. The van der Waals surface area contributed by atoms with Gasteiger partial charge in [-0.05, 0) is 44.2 Å². The number of carbonyl (C=O) groups excluding carboxylic acids is 1. The molecule has 2 amide bonds. The number of hydrogen-bond donors (Lipinski definition) is 1.